The van der Waals surface area contributed by atoms with Crippen LogP contribution in [0.25, 0.3) is 5.57 Å². The van der Waals surface area contributed by atoms with Crippen molar-refractivity contribution in [1.82, 2.24) is 0 Å². The molecule has 0 saturated heterocycles. The molecule has 0 aliphatic carbocycles. The second-order valence-electron chi connectivity index (χ2n) is 4.43. The van der Waals surface area contributed by atoms with Gasteiger partial charge in [0.25, 0.3) is 0 Å². The summed E-state index contributed by atoms with van der Waals surface area (Å²) in [5.74, 6) is 7.62. The van der Waals surface area contributed by atoms with Gasteiger partial charge in [0.2, 0.25) is 0 Å². The van der Waals surface area contributed by atoms with Crippen molar-refractivity contribution in [3.8, 4) is 11.8 Å². The van der Waals surface area contributed by atoms with Gasteiger partial charge in [0.15, 0.2) is 0 Å². The molecule has 0 bridgehead atoms. The highest BCUT2D eigenvalue weighted by Crippen LogP contribution is 2.26. The maximum Gasteiger partial charge on any atom is 0.0986 e. The van der Waals surface area contributed by atoms with Gasteiger partial charge in [-0.1, -0.05) is 73.9 Å². The molecular weight excluding hydrogens is 272 g/mol. The summed E-state index contributed by atoms with van der Waals surface area (Å²) >= 11 is 1.81. The Morgan fingerprint density at radius 3 is 2.24 bits per heavy atom. The molecule has 0 aliphatic rings. The number of hydrogen-bond acceptors (Lipinski definition) is 1. The van der Waals surface area contributed by atoms with E-state index in [2.05, 4.69) is 43.2 Å². The highest BCUT2D eigenvalue weighted by Gasteiger charge is 2.12. The normalized spacial score (nSPS) is 10.9. The van der Waals surface area contributed by atoms with E-state index in [0.717, 1.165) is 22.5 Å². The first-order chi connectivity index (χ1) is 10.3. The molecule has 2 aromatic rings. The highest BCUT2D eigenvalue weighted by atomic mass is 32.2. The first-order valence-electron chi connectivity index (χ1n) is 6.98. The van der Waals surface area contributed by atoms with Crippen LogP contribution in [0.15, 0.2) is 73.0 Å². The Kier molecular flexibility index (Phi) is 5.98. The number of rotatable bonds is 4. The highest BCUT2D eigenvalue weighted by molar-refractivity contribution is 8.00. The van der Waals surface area contributed by atoms with Crippen LogP contribution >= 0.6 is 11.8 Å². The fourth-order valence-electron chi connectivity index (χ4n) is 2.00. The molecule has 2 aromatic carbocycles. The molecule has 1 heteroatoms. The zero-order valence-corrected chi connectivity index (χ0v) is 13.0. The lowest BCUT2D eigenvalue weighted by molar-refractivity contribution is 1.43. The molecule has 0 amide bonds. The smallest absolute Gasteiger partial charge is 0.0986 e. The zero-order chi connectivity index (χ0) is 14.9. The van der Waals surface area contributed by atoms with Gasteiger partial charge in [0.05, 0.1) is 5.25 Å². The van der Waals surface area contributed by atoms with Crippen LogP contribution in [0, 0.1) is 11.8 Å². The first kappa shape index (κ1) is 15.3. The van der Waals surface area contributed by atoms with E-state index in [9.17, 15) is 0 Å². The van der Waals surface area contributed by atoms with Crippen molar-refractivity contribution >= 4 is 17.3 Å². The summed E-state index contributed by atoms with van der Waals surface area (Å²) in [4.78, 5) is 0. The minimum absolute atomic E-state index is 0.0927. The Balaban J connectivity index is 2.31. The van der Waals surface area contributed by atoms with Crippen LogP contribution in [0.4, 0.5) is 0 Å². The molecule has 1 atom stereocenters. The Hall–Kier alpha value is -2.13. The lowest BCUT2D eigenvalue weighted by atomic mass is 10.0. The van der Waals surface area contributed by atoms with Crippen molar-refractivity contribution in [1.29, 1.82) is 0 Å². The molecule has 0 nitrogen and oxygen atoms in total. The van der Waals surface area contributed by atoms with Gasteiger partial charge in [-0.3, -0.25) is 0 Å². The summed E-state index contributed by atoms with van der Waals surface area (Å²) in [7, 11) is 0. The lowest BCUT2D eigenvalue weighted by Crippen LogP contribution is -2.03. The minimum Gasteiger partial charge on any atom is -0.140 e. The largest absolute Gasteiger partial charge is 0.140 e. The van der Waals surface area contributed by atoms with Gasteiger partial charge in [-0.15, -0.1) is 17.5 Å². The van der Waals surface area contributed by atoms with E-state index in [0.29, 0.717) is 0 Å². The van der Waals surface area contributed by atoms with Gasteiger partial charge in [-0.05, 0) is 23.4 Å². The van der Waals surface area contributed by atoms with E-state index in [-0.39, 0.29) is 5.25 Å². The first-order valence-corrected chi connectivity index (χ1v) is 8.03. The molecule has 0 spiro atoms. The third-order valence-electron chi connectivity index (χ3n) is 2.99. The molecule has 0 fully saturated rings. The van der Waals surface area contributed by atoms with Crippen molar-refractivity contribution in [3.63, 3.8) is 0 Å². The van der Waals surface area contributed by atoms with E-state index >= 15 is 0 Å². The van der Waals surface area contributed by atoms with Crippen LogP contribution in [0.2, 0.25) is 0 Å². The van der Waals surface area contributed by atoms with Crippen molar-refractivity contribution in [2.45, 2.75) is 12.2 Å². The van der Waals surface area contributed by atoms with Crippen LogP contribution in [0.1, 0.15) is 18.1 Å². The topological polar surface area (TPSA) is 0 Å². The molecule has 0 saturated carbocycles. The summed E-state index contributed by atoms with van der Waals surface area (Å²) in [6.45, 7) is 6.00. The Bertz CT molecular complexity index is 668. The van der Waals surface area contributed by atoms with E-state index in [1.54, 1.807) is 0 Å². The Morgan fingerprint density at radius 1 is 1.05 bits per heavy atom. The summed E-state index contributed by atoms with van der Waals surface area (Å²) in [6.07, 6.45) is 0. The third kappa shape index (κ3) is 4.43. The molecule has 2 rings (SSSR count). The molecular formula is C20H18S. The Labute approximate surface area is 131 Å². The molecule has 0 aromatic heterocycles. The summed E-state index contributed by atoms with van der Waals surface area (Å²) < 4.78 is 0. The van der Waals surface area contributed by atoms with E-state index in [4.69, 9.17) is 0 Å². The average molecular weight is 290 g/mol. The van der Waals surface area contributed by atoms with E-state index < -0.39 is 0 Å². The number of hydrogen-bond donors (Lipinski definition) is 0. The van der Waals surface area contributed by atoms with Crippen LogP contribution in [0.3, 0.4) is 0 Å². The van der Waals surface area contributed by atoms with Crippen molar-refractivity contribution in [3.05, 3.63) is 84.1 Å². The fourth-order valence-corrected chi connectivity index (χ4v) is 2.86. The van der Waals surface area contributed by atoms with E-state index in [1.165, 1.54) is 0 Å². The quantitative estimate of drug-likeness (QED) is 0.562. The molecule has 0 aliphatic heterocycles. The molecule has 21 heavy (non-hydrogen) atoms. The second kappa shape index (κ2) is 8.22. The second-order valence-corrected chi connectivity index (χ2v) is 5.81. The predicted octanol–water partition coefficient (Wildman–Crippen LogP) is 5.03. The van der Waals surface area contributed by atoms with Crippen molar-refractivity contribution in [2.75, 3.05) is 5.75 Å². The van der Waals surface area contributed by atoms with E-state index in [1.807, 2.05) is 60.3 Å². The maximum atomic E-state index is 3.85. The number of thioether (sulfide) groups is 1. The molecule has 0 heterocycles. The fraction of sp³-hybridized carbons (Fsp3) is 0.150. The standard InChI is InChI=1S/C20H18S/c1-3-19(18-13-9-6-10-14-18)20(21-4-2)16-15-17-11-7-5-8-12-17/h5-14,20H,1,4H2,2H3. The monoisotopic (exact) mass is 290 g/mol. The van der Waals surface area contributed by atoms with Crippen LogP contribution in [-0.4, -0.2) is 11.0 Å². The van der Waals surface area contributed by atoms with Crippen LogP contribution in [0.5, 0.6) is 0 Å². The van der Waals surface area contributed by atoms with Crippen LogP contribution < -0.4 is 0 Å². The van der Waals surface area contributed by atoms with Gasteiger partial charge in [0.1, 0.15) is 0 Å². The zero-order valence-electron chi connectivity index (χ0n) is 12.2. The van der Waals surface area contributed by atoms with Gasteiger partial charge in [-0.2, -0.15) is 0 Å². The Morgan fingerprint density at radius 2 is 1.67 bits per heavy atom. The van der Waals surface area contributed by atoms with Gasteiger partial charge in [-0.25, -0.2) is 0 Å². The predicted molar refractivity (Wildman–Crippen MR) is 94.2 cm³/mol. The summed E-state index contributed by atoms with van der Waals surface area (Å²) in [5.41, 5.74) is 6.32. The lowest BCUT2D eigenvalue weighted by Gasteiger charge is -2.12. The van der Waals surface area contributed by atoms with Crippen molar-refractivity contribution < 1.29 is 0 Å². The third-order valence-corrected chi connectivity index (χ3v) is 4.01. The average Bonchev–Trinajstić information content (AvgIpc) is 2.55. The maximum absolute atomic E-state index is 3.85. The van der Waals surface area contributed by atoms with Crippen molar-refractivity contribution in [2.24, 2.45) is 0 Å². The summed E-state index contributed by atoms with van der Waals surface area (Å²) in [5, 5.41) is 0.0927. The molecule has 1 unspecified atom stereocenters. The van der Waals surface area contributed by atoms with Crippen LogP contribution in [-0.2, 0) is 0 Å². The SMILES string of the molecule is C=C=C(c1ccccc1)C(C#Cc1ccccc1)SCC. The van der Waals surface area contributed by atoms with Gasteiger partial charge in [0, 0.05) is 11.1 Å². The number of benzene rings is 2. The van der Waals surface area contributed by atoms with Gasteiger partial charge >= 0.3 is 0 Å². The molecule has 0 N–H and O–H groups in total. The summed E-state index contributed by atoms with van der Waals surface area (Å²) in [6, 6.07) is 20.3. The molecule has 0 radical (unpaired) electrons. The van der Waals surface area contributed by atoms with Gasteiger partial charge < -0.3 is 0 Å². The molecule has 104 valence electrons. The minimum atomic E-state index is 0.0927.